The summed E-state index contributed by atoms with van der Waals surface area (Å²) in [5, 5.41) is 0. The highest BCUT2D eigenvalue weighted by Gasteiger charge is 2.03. The molecule has 11 heavy (non-hydrogen) atoms. The van der Waals surface area contributed by atoms with Crippen LogP contribution in [0.1, 0.15) is 19.8 Å². The first kappa shape index (κ1) is 10.2. The Labute approximate surface area is 67.6 Å². The molecule has 0 aromatic carbocycles. The summed E-state index contributed by atoms with van der Waals surface area (Å²) in [5.74, 6) is 0.139. The van der Waals surface area contributed by atoms with Crippen LogP contribution in [0.3, 0.4) is 0 Å². The minimum atomic E-state index is 0.120. The lowest BCUT2D eigenvalue weighted by Crippen LogP contribution is -2.27. The molecule has 0 spiro atoms. The van der Waals surface area contributed by atoms with Crippen molar-refractivity contribution >= 4 is 5.96 Å². The molecular formula is C7H17N3O. The summed E-state index contributed by atoms with van der Waals surface area (Å²) in [6, 6.07) is 0.120. The van der Waals surface area contributed by atoms with Crippen LogP contribution >= 0.6 is 0 Å². The van der Waals surface area contributed by atoms with Gasteiger partial charge in [0.15, 0.2) is 5.96 Å². The summed E-state index contributed by atoms with van der Waals surface area (Å²) in [7, 11) is 1.64. The number of nitrogens with two attached hydrogens (primary N) is 2. The number of methoxy groups -OCH3 is 1. The Balaban J connectivity index is 3.78. The van der Waals surface area contributed by atoms with Crippen molar-refractivity contribution in [2.24, 2.45) is 16.5 Å². The average Bonchev–Trinajstić information content (AvgIpc) is 1.87. The standard InChI is InChI=1S/C7H17N3O/c1-3-4-6(5-11-2)10-7(8)9/h6H,3-5H2,1-2H3,(H4,8,9,10). The Morgan fingerprint density at radius 2 is 2.18 bits per heavy atom. The Morgan fingerprint density at radius 1 is 1.55 bits per heavy atom. The Bertz CT molecular complexity index is 115. The van der Waals surface area contributed by atoms with E-state index in [9.17, 15) is 0 Å². The molecule has 4 nitrogen and oxygen atoms in total. The molecule has 0 aliphatic carbocycles. The topological polar surface area (TPSA) is 73.6 Å². The van der Waals surface area contributed by atoms with Crippen LogP contribution in [0.2, 0.25) is 0 Å². The van der Waals surface area contributed by atoms with Crippen molar-refractivity contribution in [2.75, 3.05) is 13.7 Å². The third-order valence-corrected chi connectivity index (χ3v) is 1.31. The maximum absolute atomic E-state index is 5.23. The van der Waals surface area contributed by atoms with E-state index in [-0.39, 0.29) is 12.0 Å². The van der Waals surface area contributed by atoms with E-state index in [1.807, 2.05) is 0 Å². The molecule has 66 valence electrons. The first-order valence-electron chi connectivity index (χ1n) is 3.78. The third kappa shape index (κ3) is 5.66. The molecule has 1 atom stereocenters. The van der Waals surface area contributed by atoms with Gasteiger partial charge in [0.25, 0.3) is 0 Å². The highest BCUT2D eigenvalue weighted by molar-refractivity contribution is 5.75. The van der Waals surface area contributed by atoms with Crippen molar-refractivity contribution in [3.63, 3.8) is 0 Å². The minimum absolute atomic E-state index is 0.120. The Kier molecular flexibility index (Phi) is 5.56. The first-order valence-corrected chi connectivity index (χ1v) is 3.78. The smallest absolute Gasteiger partial charge is 0.186 e. The molecule has 0 saturated carbocycles. The number of aliphatic imine (C=N–C) groups is 1. The second-order valence-corrected chi connectivity index (χ2v) is 2.45. The number of ether oxygens (including phenoxy) is 1. The largest absolute Gasteiger partial charge is 0.382 e. The van der Waals surface area contributed by atoms with Crippen LogP contribution in [0.5, 0.6) is 0 Å². The molecule has 4 N–H and O–H groups in total. The molecular weight excluding hydrogens is 142 g/mol. The van der Waals surface area contributed by atoms with Crippen LogP contribution in [0, 0.1) is 0 Å². The Hall–Kier alpha value is -0.770. The van der Waals surface area contributed by atoms with Crippen LogP contribution in [0.25, 0.3) is 0 Å². The van der Waals surface area contributed by atoms with E-state index in [0.717, 1.165) is 12.8 Å². The van der Waals surface area contributed by atoms with Crippen molar-refractivity contribution in [2.45, 2.75) is 25.8 Å². The summed E-state index contributed by atoms with van der Waals surface area (Å²) in [6.07, 6.45) is 2.02. The second kappa shape index (κ2) is 5.97. The quantitative estimate of drug-likeness (QED) is 0.440. The van der Waals surface area contributed by atoms with Gasteiger partial charge >= 0.3 is 0 Å². The lowest BCUT2D eigenvalue weighted by atomic mass is 10.2. The van der Waals surface area contributed by atoms with Gasteiger partial charge in [-0.3, -0.25) is 0 Å². The lowest BCUT2D eigenvalue weighted by molar-refractivity contribution is 0.177. The van der Waals surface area contributed by atoms with E-state index in [1.54, 1.807) is 7.11 Å². The molecule has 0 saturated heterocycles. The molecule has 4 heteroatoms. The zero-order valence-electron chi connectivity index (χ0n) is 7.21. The maximum Gasteiger partial charge on any atom is 0.186 e. The van der Waals surface area contributed by atoms with Gasteiger partial charge in [0.2, 0.25) is 0 Å². The predicted molar refractivity (Wildman–Crippen MR) is 46.4 cm³/mol. The summed E-state index contributed by atoms with van der Waals surface area (Å²) in [6.45, 7) is 2.68. The maximum atomic E-state index is 5.23. The van der Waals surface area contributed by atoms with E-state index in [4.69, 9.17) is 16.2 Å². The first-order chi connectivity index (χ1) is 5.20. The molecule has 0 radical (unpaired) electrons. The number of hydrogen-bond acceptors (Lipinski definition) is 2. The SMILES string of the molecule is CCCC(COC)N=C(N)N. The fourth-order valence-electron chi connectivity index (χ4n) is 0.922. The Morgan fingerprint density at radius 3 is 2.55 bits per heavy atom. The van der Waals surface area contributed by atoms with Crippen molar-refractivity contribution in [1.82, 2.24) is 0 Å². The number of nitrogens with zero attached hydrogens (tertiary/aromatic N) is 1. The number of guanidine groups is 1. The van der Waals surface area contributed by atoms with Gasteiger partial charge in [0.1, 0.15) is 0 Å². The number of hydrogen-bond donors (Lipinski definition) is 2. The van der Waals surface area contributed by atoms with Gasteiger partial charge in [0.05, 0.1) is 12.6 Å². The van der Waals surface area contributed by atoms with Crippen molar-refractivity contribution in [1.29, 1.82) is 0 Å². The summed E-state index contributed by atoms with van der Waals surface area (Å²) >= 11 is 0. The van der Waals surface area contributed by atoms with Crippen LogP contribution in [0.4, 0.5) is 0 Å². The second-order valence-electron chi connectivity index (χ2n) is 2.45. The molecule has 0 fully saturated rings. The normalized spacial score (nSPS) is 12.5. The van der Waals surface area contributed by atoms with Crippen LogP contribution < -0.4 is 11.5 Å². The highest BCUT2D eigenvalue weighted by atomic mass is 16.5. The van der Waals surface area contributed by atoms with Gasteiger partial charge in [-0.25, -0.2) is 4.99 Å². The van der Waals surface area contributed by atoms with Crippen molar-refractivity contribution < 1.29 is 4.74 Å². The molecule has 1 unspecified atom stereocenters. The van der Waals surface area contributed by atoms with E-state index < -0.39 is 0 Å². The fraction of sp³-hybridized carbons (Fsp3) is 0.857. The van der Waals surface area contributed by atoms with Gasteiger partial charge in [-0.1, -0.05) is 13.3 Å². The molecule has 0 aliphatic heterocycles. The predicted octanol–water partition coefficient (Wildman–Crippen LogP) is 0.0749. The molecule has 0 aromatic rings. The molecule has 0 aliphatic rings. The zero-order valence-corrected chi connectivity index (χ0v) is 7.21. The number of rotatable bonds is 5. The average molecular weight is 159 g/mol. The van der Waals surface area contributed by atoms with Crippen molar-refractivity contribution in [3.05, 3.63) is 0 Å². The lowest BCUT2D eigenvalue weighted by Gasteiger charge is -2.09. The highest BCUT2D eigenvalue weighted by Crippen LogP contribution is 2.01. The zero-order chi connectivity index (χ0) is 8.69. The minimum Gasteiger partial charge on any atom is -0.382 e. The van der Waals surface area contributed by atoms with Crippen LogP contribution in [0.15, 0.2) is 4.99 Å². The van der Waals surface area contributed by atoms with Gasteiger partial charge in [-0.15, -0.1) is 0 Å². The summed E-state index contributed by atoms with van der Waals surface area (Å²) in [5.41, 5.74) is 10.5. The van der Waals surface area contributed by atoms with Gasteiger partial charge < -0.3 is 16.2 Å². The summed E-state index contributed by atoms with van der Waals surface area (Å²) in [4.78, 5) is 4.00. The van der Waals surface area contributed by atoms with E-state index >= 15 is 0 Å². The molecule has 0 rings (SSSR count). The third-order valence-electron chi connectivity index (χ3n) is 1.31. The van der Waals surface area contributed by atoms with Crippen LogP contribution in [-0.4, -0.2) is 25.7 Å². The van der Waals surface area contributed by atoms with Gasteiger partial charge in [-0.2, -0.15) is 0 Å². The fourth-order valence-corrected chi connectivity index (χ4v) is 0.922. The van der Waals surface area contributed by atoms with Crippen molar-refractivity contribution in [3.8, 4) is 0 Å². The van der Waals surface area contributed by atoms with Crippen LogP contribution in [-0.2, 0) is 4.74 Å². The van der Waals surface area contributed by atoms with Gasteiger partial charge in [0, 0.05) is 7.11 Å². The molecule has 0 amide bonds. The van der Waals surface area contributed by atoms with E-state index in [1.165, 1.54) is 0 Å². The monoisotopic (exact) mass is 159 g/mol. The molecule has 0 heterocycles. The summed E-state index contributed by atoms with van der Waals surface area (Å²) < 4.78 is 4.94. The van der Waals surface area contributed by atoms with E-state index in [2.05, 4.69) is 11.9 Å². The van der Waals surface area contributed by atoms with Gasteiger partial charge in [-0.05, 0) is 6.42 Å². The molecule has 0 bridgehead atoms. The van der Waals surface area contributed by atoms with E-state index in [0.29, 0.717) is 6.61 Å². The molecule has 0 aromatic heterocycles.